The van der Waals surface area contributed by atoms with Crippen molar-refractivity contribution in [3.05, 3.63) is 51.6 Å². The lowest BCUT2D eigenvalue weighted by atomic mass is 10.2. The van der Waals surface area contributed by atoms with Crippen LogP contribution in [0, 0.1) is 0 Å². The van der Waals surface area contributed by atoms with Crippen LogP contribution in [0.3, 0.4) is 0 Å². The molecule has 0 aliphatic rings. The van der Waals surface area contributed by atoms with Crippen LogP contribution in [-0.2, 0) is 6.54 Å². The number of fused-ring (bicyclic) bond motifs is 1. The summed E-state index contributed by atoms with van der Waals surface area (Å²) in [7, 11) is 1.99. The number of nitrogens with zero attached hydrogens (tertiary/aromatic N) is 3. The van der Waals surface area contributed by atoms with Gasteiger partial charge in [0.25, 0.3) is 0 Å². The summed E-state index contributed by atoms with van der Waals surface area (Å²) >= 11 is 13.4. The molecular formula is C14H11Cl2N3S. The molecule has 0 bridgehead atoms. The van der Waals surface area contributed by atoms with Crippen molar-refractivity contribution in [1.82, 2.24) is 9.97 Å². The van der Waals surface area contributed by atoms with E-state index < -0.39 is 0 Å². The quantitative estimate of drug-likeness (QED) is 0.658. The van der Waals surface area contributed by atoms with E-state index in [0.717, 1.165) is 33.2 Å². The number of anilines is 1. The van der Waals surface area contributed by atoms with Crippen LogP contribution in [0.5, 0.6) is 0 Å². The van der Waals surface area contributed by atoms with Crippen LogP contribution >= 0.6 is 34.5 Å². The molecule has 3 aromatic rings. The van der Waals surface area contributed by atoms with E-state index in [4.69, 9.17) is 23.2 Å². The normalized spacial score (nSPS) is 10.9. The van der Waals surface area contributed by atoms with Crippen molar-refractivity contribution in [2.75, 3.05) is 11.9 Å². The fourth-order valence-corrected chi connectivity index (χ4v) is 3.14. The summed E-state index contributed by atoms with van der Waals surface area (Å²) in [6.45, 7) is 0.732. The predicted octanol–water partition coefficient (Wildman–Crippen LogP) is 4.63. The second kappa shape index (κ2) is 5.56. The molecule has 0 spiro atoms. The third-order valence-electron chi connectivity index (χ3n) is 2.97. The zero-order valence-corrected chi connectivity index (χ0v) is 13.0. The number of hydrogen-bond donors (Lipinski definition) is 0. The van der Waals surface area contributed by atoms with E-state index >= 15 is 0 Å². The first kappa shape index (κ1) is 13.6. The highest BCUT2D eigenvalue weighted by Crippen LogP contribution is 2.29. The molecule has 3 rings (SSSR count). The van der Waals surface area contributed by atoms with Gasteiger partial charge < -0.3 is 4.90 Å². The van der Waals surface area contributed by atoms with E-state index in [1.165, 1.54) is 0 Å². The molecule has 3 nitrogen and oxygen atoms in total. The van der Waals surface area contributed by atoms with Gasteiger partial charge in [-0.3, -0.25) is 0 Å². The molecule has 0 saturated heterocycles. The number of halogens is 2. The number of aromatic nitrogens is 2. The van der Waals surface area contributed by atoms with Gasteiger partial charge in [-0.1, -0.05) is 23.7 Å². The molecule has 102 valence electrons. The summed E-state index contributed by atoms with van der Waals surface area (Å²) in [5.41, 5.74) is 1.16. The SMILES string of the molecule is CN(Cc1ccc(Cl)cc1)c1nc(Cl)nc2sccc12. The molecule has 0 amide bonds. The molecule has 1 aromatic carbocycles. The molecular weight excluding hydrogens is 313 g/mol. The number of thiophene rings is 1. The van der Waals surface area contributed by atoms with Crippen LogP contribution in [0.4, 0.5) is 5.82 Å². The standard InChI is InChI=1S/C14H11Cl2N3S/c1-19(8-9-2-4-10(15)5-3-9)12-11-6-7-20-13(11)18-14(16)17-12/h2-7H,8H2,1H3. The Kier molecular flexibility index (Phi) is 3.78. The summed E-state index contributed by atoms with van der Waals surface area (Å²) in [5.74, 6) is 0.844. The second-order valence-corrected chi connectivity index (χ2v) is 6.11. The minimum atomic E-state index is 0.276. The maximum absolute atomic E-state index is 5.99. The van der Waals surface area contributed by atoms with Gasteiger partial charge in [0.2, 0.25) is 5.28 Å². The number of rotatable bonds is 3. The van der Waals surface area contributed by atoms with Crippen LogP contribution in [0.2, 0.25) is 10.3 Å². The molecule has 0 N–H and O–H groups in total. The van der Waals surface area contributed by atoms with Crippen LogP contribution in [0.25, 0.3) is 10.2 Å². The van der Waals surface area contributed by atoms with Crippen LogP contribution in [0.1, 0.15) is 5.56 Å². The Labute approximate surface area is 130 Å². The van der Waals surface area contributed by atoms with E-state index in [9.17, 15) is 0 Å². The molecule has 0 unspecified atom stereocenters. The van der Waals surface area contributed by atoms with E-state index in [-0.39, 0.29) is 5.28 Å². The van der Waals surface area contributed by atoms with Crippen molar-refractivity contribution in [1.29, 1.82) is 0 Å². The van der Waals surface area contributed by atoms with Gasteiger partial charge in [0.1, 0.15) is 10.6 Å². The Balaban J connectivity index is 1.93. The summed E-state index contributed by atoms with van der Waals surface area (Å²) in [6.07, 6.45) is 0. The molecule has 0 aliphatic carbocycles. The molecule has 0 saturated carbocycles. The molecule has 6 heteroatoms. The zero-order chi connectivity index (χ0) is 14.1. The van der Waals surface area contributed by atoms with Crippen LogP contribution in [-0.4, -0.2) is 17.0 Å². The Morgan fingerprint density at radius 2 is 1.85 bits per heavy atom. The third-order valence-corrected chi connectivity index (χ3v) is 4.20. The molecule has 2 heterocycles. The van der Waals surface area contributed by atoms with Gasteiger partial charge in [-0.2, -0.15) is 4.98 Å². The minimum absolute atomic E-state index is 0.276. The second-order valence-electron chi connectivity index (χ2n) is 4.44. The Morgan fingerprint density at radius 1 is 1.10 bits per heavy atom. The fourth-order valence-electron chi connectivity index (χ4n) is 2.04. The molecule has 0 fully saturated rings. The van der Waals surface area contributed by atoms with Crippen LogP contribution in [0.15, 0.2) is 35.7 Å². The average Bonchev–Trinajstić information content (AvgIpc) is 2.88. The fraction of sp³-hybridized carbons (Fsp3) is 0.143. The first-order valence-corrected chi connectivity index (χ1v) is 7.63. The van der Waals surface area contributed by atoms with Crippen LogP contribution < -0.4 is 4.90 Å². The molecule has 0 atom stereocenters. The van der Waals surface area contributed by atoms with Crippen molar-refractivity contribution >= 4 is 50.6 Å². The largest absolute Gasteiger partial charge is 0.355 e. The third kappa shape index (κ3) is 2.73. The zero-order valence-electron chi connectivity index (χ0n) is 10.7. The molecule has 20 heavy (non-hydrogen) atoms. The summed E-state index contributed by atoms with van der Waals surface area (Å²) in [5, 5.41) is 4.03. The first-order valence-electron chi connectivity index (χ1n) is 6.00. The van der Waals surface area contributed by atoms with Crippen molar-refractivity contribution in [2.24, 2.45) is 0 Å². The molecule has 0 aliphatic heterocycles. The summed E-state index contributed by atoms with van der Waals surface area (Å²) in [4.78, 5) is 11.5. The molecule has 0 radical (unpaired) electrons. The van der Waals surface area contributed by atoms with Gasteiger partial charge in [-0.25, -0.2) is 4.98 Å². The summed E-state index contributed by atoms with van der Waals surface area (Å²) < 4.78 is 0. The van der Waals surface area contributed by atoms with Gasteiger partial charge in [-0.05, 0) is 40.7 Å². The van der Waals surface area contributed by atoms with Gasteiger partial charge in [0.15, 0.2) is 0 Å². The topological polar surface area (TPSA) is 29.0 Å². The Hall–Kier alpha value is -1.36. The van der Waals surface area contributed by atoms with Crippen molar-refractivity contribution in [2.45, 2.75) is 6.54 Å². The number of benzene rings is 1. The van der Waals surface area contributed by atoms with Crippen molar-refractivity contribution < 1.29 is 0 Å². The van der Waals surface area contributed by atoms with E-state index in [1.807, 2.05) is 42.8 Å². The lowest BCUT2D eigenvalue weighted by Crippen LogP contribution is -2.18. The van der Waals surface area contributed by atoms with E-state index in [2.05, 4.69) is 14.9 Å². The van der Waals surface area contributed by atoms with Crippen molar-refractivity contribution in [3.63, 3.8) is 0 Å². The average molecular weight is 324 g/mol. The highest BCUT2D eigenvalue weighted by atomic mass is 35.5. The monoisotopic (exact) mass is 323 g/mol. The van der Waals surface area contributed by atoms with Gasteiger partial charge >= 0.3 is 0 Å². The highest BCUT2D eigenvalue weighted by Gasteiger charge is 2.12. The Morgan fingerprint density at radius 3 is 2.60 bits per heavy atom. The predicted molar refractivity (Wildman–Crippen MR) is 86.0 cm³/mol. The first-order chi connectivity index (χ1) is 9.63. The highest BCUT2D eigenvalue weighted by molar-refractivity contribution is 7.16. The molecule has 2 aromatic heterocycles. The minimum Gasteiger partial charge on any atom is -0.355 e. The summed E-state index contributed by atoms with van der Waals surface area (Å²) in [6, 6.07) is 9.80. The maximum Gasteiger partial charge on any atom is 0.225 e. The van der Waals surface area contributed by atoms with Crippen molar-refractivity contribution in [3.8, 4) is 0 Å². The lowest BCUT2D eigenvalue weighted by Gasteiger charge is -2.19. The van der Waals surface area contributed by atoms with Gasteiger partial charge in [0, 0.05) is 18.6 Å². The lowest BCUT2D eigenvalue weighted by molar-refractivity contribution is 0.901. The smallest absolute Gasteiger partial charge is 0.225 e. The number of hydrogen-bond acceptors (Lipinski definition) is 4. The van der Waals surface area contributed by atoms with E-state index in [1.54, 1.807) is 11.3 Å². The van der Waals surface area contributed by atoms with E-state index in [0.29, 0.717) is 0 Å². The van der Waals surface area contributed by atoms with Gasteiger partial charge in [-0.15, -0.1) is 11.3 Å². The van der Waals surface area contributed by atoms with Gasteiger partial charge in [0.05, 0.1) is 5.39 Å². The Bertz CT molecular complexity index is 740. The maximum atomic E-state index is 5.99.